The molecule has 39 heavy (non-hydrogen) atoms. The predicted octanol–water partition coefficient (Wildman–Crippen LogP) is 7.50. The van der Waals surface area contributed by atoms with Crippen LogP contribution in [0.25, 0.3) is 5.57 Å². The second kappa shape index (κ2) is 12.2. The second-order valence-corrected chi connectivity index (χ2v) is 11.2. The molecular formula is C35H39NO3. The number of hydrogen-bond acceptors (Lipinski definition) is 4. The minimum absolute atomic E-state index is 0.0968. The number of carbonyl (C=O) groups is 1. The Balaban J connectivity index is 1.26. The van der Waals surface area contributed by atoms with Crippen molar-refractivity contribution in [1.29, 1.82) is 0 Å². The highest BCUT2D eigenvalue weighted by molar-refractivity contribution is 6.15. The lowest BCUT2D eigenvalue weighted by Crippen LogP contribution is -2.25. The fourth-order valence-electron chi connectivity index (χ4n) is 6.36. The average molecular weight is 522 g/mol. The molecule has 1 heterocycles. The van der Waals surface area contributed by atoms with Crippen LogP contribution in [-0.2, 0) is 6.42 Å². The lowest BCUT2D eigenvalue weighted by molar-refractivity contribution is 0.102. The number of rotatable bonds is 9. The zero-order chi connectivity index (χ0) is 26.4. The molecule has 1 aliphatic heterocycles. The quantitative estimate of drug-likeness (QED) is 0.273. The van der Waals surface area contributed by atoms with Crippen LogP contribution in [0, 0.1) is 0 Å². The first kappa shape index (κ1) is 25.9. The highest BCUT2D eigenvalue weighted by Crippen LogP contribution is 2.38. The molecule has 1 saturated heterocycles. The van der Waals surface area contributed by atoms with Crippen LogP contribution >= 0.6 is 0 Å². The second-order valence-electron chi connectivity index (χ2n) is 11.2. The van der Waals surface area contributed by atoms with Crippen LogP contribution in [0.4, 0.5) is 0 Å². The Labute approximate surface area is 232 Å². The molecule has 0 N–H and O–H groups in total. The van der Waals surface area contributed by atoms with Crippen molar-refractivity contribution in [3.63, 3.8) is 0 Å². The van der Waals surface area contributed by atoms with Crippen molar-refractivity contribution in [3.8, 4) is 11.5 Å². The molecule has 0 spiro atoms. The van der Waals surface area contributed by atoms with Gasteiger partial charge in [0, 0.05) is 17.7 Å². The number of allylic oxidation sites excluding steroid dienone is 1. The maximum absolute atomic E-state index is 14.0. The summed E-state index contributed by atoms with van der Waals surface area (Å²) in [6.07, 6.45) is 10.4. The zero-order valence-electron chi connectivity index (χ0n) is 22.9. The Morgan fingerprint density at radius 2 is 1.59 bits per heavy atom. The molecule has 0 radical (unpaired) electrons. The van der Waals surface area contributed by atoms with Crippen LogP contribution in [0.5, 0.6) is 11.5 Å². The Bertz CT molecular complexity index is 1310. The number of benzene rings is 3. The van der Waals surface area contributed by atoms with Gasteiger partial charge in [-0.2, -0.15) is 0 Å². The van der Waals surface area contributed by atoms with Crippen LogP contribution in [0.15, 0.2) is 78.4 Å². The number of nitrogens with zero attached hydrogens (tertiary/aromatic N) is 1. The molecular weight excluding hydrogens is 482 g/mol. The van der Waals surface area contributed by atoms with E-state index in [1.54, 1.807) is 0 Å². The number of aryl methyl sites for hydroxylation is 1. The smallest absolute Gasteiger partial charge is 0.189 e. The zero-order valence-corrected chi connectivity index (χ0v) is 22.9. The molecule has 4 heteroatoms. The number of fused-ring (bicyclic) bond motifs is 1. The number of hydrogen-bond donors (Lipinski definition) is 0. The Morgan fingerprint density at radius 1 is 0.795 bits per heavy atom. The summed E-state index contributed by atoms with van der Waals surface area (Å²) in [5, 5.41) is 0. The summed E-state index contributed by atoms with van der Waals surface area (Å²) >= 11 is 0. The molecule has 0 aromatic heterocycles. The van der Waals surface area contributed by atoms with E-state index in [0.717, 1.165) is 66.0 Å². The minimum Gasteiger partial charge on any atom is -0.492 e. The summed E-state index contributed by atoms with van der Waals surface area (Å²) in [5.41, 5.74) is 6.15. The van der Waals surface area contributed by atoms with Crippen LogP contribution in [0.1, 0.15) is 78.4 Å². The van der Waals surface area contributed by atoms with Crippen molar-refractivity contribution in [2.45, 2.75) is 63.9 Å². The van der Waals surface area contributed by atoms with Crippen LogP contribution in [-0.4, -0.2) is 43.0 Å². The van der Waals surface area contributed by atoms with Crippen LogP contribution in [0.2, 0.25) is 0 Å². The summed E-state index contributed by atoms with van der Waals surface area (Å²) in [6, 6.07) is 24.6. The molecule has 1 saturated carbocycles. The topological polar surface area (TPSA) is 38.8 Å². The van der Waals surface area contributed by atoms with Gasteiger partial charge < -0.3 is 9.47 Å². The van der Waals surface area contributed by atoms with Gasteiger partial charge in [0.1, 0.15) is 18.1 Å². The van der Waals surface area contributed by atoms with E-state index in [2.05, 4.69) is 41.3 Å². The van der Waals surface area contributed by atoms with E-state index in [-0.39, 0.29) is 11.9 Å². The third kappa shape index (κ3) is 6.12. The molecule has 2 fully saturated rings. The first-order valence-corrected chi connectivity index (χ1v) is 14.8. The number of ether oxygens (including phenoxy) is 2. The van der Waals surface area contributed by atoms with E-state index < -0.39 is 0 Å². The van der Waals surface area contributed by atoms with E-state index in [9.17, 15) is 4.79 Å². The monoisotopic (exact) mass is 521 g/mol. The molecule has 2 aliphatic carbocycles. The maximum atomic E-state index is 14.0. The van der Waals surface area contributed by atoms with Gasteiger partial charge in [0.15, 0.2) is 5.78 Å². The lowest BCUT2D eigenvalue weighted by Gasteiger charge is -2.24. The molecule has 202 valence electrons. The van der Waals surface area contributed by atoms with Gasteiger partial charge in [0.05, 0.1) is 6.10 Å². The lowest BCUT2D eigenvalue weighted by atomic mass is 9.79. The minimum atomic E-state index is 0.0968. The fraction of sp³-hybridized carbons (Fsp3) is 0.400. The number of Topliss-reactive ketones (excluding diaryl/α,β-unsaturated/α-hetero) is 1. The van der Waals surface area contributed by atoms with E-state index in [0.29, 0.717) is 12.2 Å². The van der Waals surface area contributed by atoms with Crippen molar-refractivity contribution in [2.24, 2.45) is 0 Å². The highest BCUT2D eigenvalue weighted by atomic mass is 16.5. The van der Waals surface area contributed by atoms with E-state index in [1.807, 2.05) is 36.4 Å². The maximum Gasteiger partial charge on any atom is 0.189 e. The van der Waals surface area contributed by atoms with Crippen molar-refractivity contribution in [3.05, 3.63) is 101 Å². The Morgan fingerprint density at radius 3 is 2.41 bits per heavy atom. The van der Waals surface area contributed by atoms with Crippen molar-refractivity contribution in [1.82, 2.24) is 4.90 Å². The average Bonchev–Trinajstić information content (AvgIpc) is 3.51. The molecule has 0 bridgehead atoms. The van der Waals surface area contributed by atoms with Gasteiger partial charge in [-0.15, -0.1) is 0 Å². The predicted molar refractivity (Wildman–Crippen MR) is 157 cm³/mol. The first-order chi connectivity index (χ1) is 19.2. The molecule has 0 amide bonds. The van der Waals surface area contributed by atoms with E-state index in [1.165, 1.54) is 50.8 Å². The molecule has 0 atom stereocenters. The Hall–Kier alpha value is -3.37. The third-order valence-corrected chi connectivity index (χ3v) is 8.48. The fourth-order valence-corrected chi connectivity index (χ4v) is 6.36. The summed E-state index contributed by atoms with van der Waals surface area (Å²) in [7, 11) is 0. The van der Waals surface area contributed by atoms with Gasteiger partial charge in [-0.25, -0.2) is 0 Å². The first-order valence-electron chi connectivity index (χ1n) is 14.8. The summed E-state index contributed by atoms with van der Waals surface area (Å²) in [5.74, 6) is 1.78. The Kier molecular flexibility index (Phi) is 8.11. The molecule has 3 aromatic rings. The molecule has 4 nitrogen and oxygen atoms in total. The van der Waals surface area contributed by atoms with Crippen LogP contribution < -0.4 is 9.47 Å². The van der Waals surface area contributed by atoms with E-state index >= 15 is 0 Å². The summed E-state index contributed by atoms with van der Waals surface area (Å²) < 4.78 is 12.4. The van der Waals surface area contributed by atoms with Gasteiger partial charge >= 0.3 is 0 Å². The molecule has 6 rings (SSSR count). The summed E-state index contributed by atoms with van der Waals surface area (Å²) in [6.45, 7) is 4.04. The van der Waals surface area contributed by atoms with Gasteiger partial charge in [0.25, 0.3) is 0 Å². The SMILES string of the molecule is O=C(C1=C(c2ccc(OCCN3CCCC3)cc2)c2ccccc2CC1)c1cccc(OC2CCCCC2)c1. The van der Waals surface area contributed by atoms with Gasteiger partial charge in [0.2, 0.25) is 0 Å². The third-order valence-electron chi connectivity index (χ3n) is 8.48. The van der Waals surface area contributed by atoms with Crippen molar-refractivity contribution >= 4 is 11.4 Å². The summed E-state index contributed by atoms with van der Waals surface area (Å²) in [4.78, 5) is 16.5. The van der Waals surface area contributed by atoms with E-state index in [4.69, 9.17) is 9.47 Å². The van der Waals surface area contributed by atoms with Gasteiger partial charge in [-0.05, 0) is 111 Å². The van der Waals surface area contributed by atoms with Crippen LogP contribution in [0.3, 0.4) is 0 Å². The standard InChI is InChI=1S/C35H39NO3/c37-35(28-10-8-13-31(25-28)39-30-11-2-1-3-12-30)33-20-17-26-9-4-5-14-32(26)34(33)27-15-18-29(19-16-27)38-24-23-36-21-6-7-22-36/h4-5,8-10,13-16,18-19,25,30H,1-3,6-7,11-12,17,20-24H2. The molecule has 0 unspecified atom stereocenters. The largest absolute Gasteiger partial charge is 0.492 e. The molecule has 3 aromatic carbocycles. The van der Waals surface area contributed by atoms with Crippen molar-refractivity contribution in [2.75, 3.05) is 26.2 Å². The van der Waals surface area contributed by atoms with Gasteiger partial charge in [-0.1, -0.05) is 55.0 Å². The number of likely N-dealkylation sites (tertiary alicyclic amines) is 1. The normalized spacial score (nSPS) is 18.2. The molecule has 3 aliphatic rings. The van der Waals surface area contributed by atoms with Crippen molar-refractivity contribution < 1.29 is 14.3 Å². The highest BCUT2D eigenvalue weighted by Gasteiger charge is 2.26. The van der Waals surface area contributed by atoms with Gasteiger partial charge in [-0.3, -0.25) is 9.69 Å². The number of carbonyl (C=O) groups excluding carboxylic acids is 1. The number of ketones is 1.